The van der Waals surface area contributed by atoms with E-state index in [0.29, 0.717) is 6.54 Å². The van der Waals surface area contributed by atoms with Gasteiger partial charge in [0.05, 0.1) is 0 Å². The van der Waals surface area contributed by atoms with Crippen LogP contribution in [0.2, 0.25) is 0 Å². The number of carbonyl (C=O) groups excluding carboxylic acids is 1. The third kappa shape index (κ3) is 3.84. The van der Waals surface area contributed by atoms with Crippen molar-refractivity contribution in [1.82, 2.24) is 0 Å². The minimum atomic E-state index is -1.46. The lowest BCUT2D eigenvalue weighted by molar-refractivity contribution is -0.149. The largest absolute Gasteiger partial charge is 0.480 e. The summed E-state index contributed by atoms with van der Waals surface area (Å²) in [5.74, 6) is -1.60. The molecule has 0 spiro atoms. The molecular formula is C28H28N2O4. The number of benzene rings is 3. The predicted molar refractivity (Wildman–Crippen MR) is 131 cm³/mol. The number of piperidine rings is 1. The molecule has 1 heterocycles. The maximum atomic E-state index is 13.4. The highest BCUT2D eigenvalue weighted by atomic mass is 16.5. The van der Waals surface area contributed by atoms with Crippen molar-refractivity contribution in [3.8, 4) is 11.1 Å². The molecule has 1 fully saturated rings. The highest BCUT2D eigenvalue weighted by molar-refractivity contribution is 5.86. The second kappa shape index (κ2) is 8.61. The Hall–Kier alpha value is -3.64. The van der Waals surface area contributed by atoms with Crippen LogP contribution in [-0.2, 0) is 14.3 Å². The second-order valence-corrected chi connectivity index (χ2v) is 9.32. The van der Waals surface area contributed by atoms with Crippen molar-refractivity contribution in [3.05, 3.63) is 89.5 Å². The smallest absolute Gasteiger partial charge is 0.328 e. The SMILES string of the molecule is Cc1ccc(N2CCC(N)(C(=O)O)CC2C(=O)OCC2c3ccccc3-c3ccccc32)cc1. The summed E-state index contributed by atoms with van der Waals surface area (Å²) in [5, 5.41) is 9.72. The number of esters is 1. The fourth-order valence-corrected chi connectivity index (χ4v) is 5.18. The van der Waals surface area contributed by atoms with Gasteiger partial charge in [-0.15, -0.1) is 0 Å². The monoisotopic (exact) mass is 456 g/mol. The van der Waals surface area contributed by atoms with Gasteiger partial charge in [0.1, 0.15) is 18.2 Å². The van der Waals surface area contributed by atoms with Crippen LogP contribution in [0.15, 0.2) is 72.8 Å². The van der Waals surface area contributed by atoms with E-state index in [1.807, 2.05) is 60.4 Å². The molecule has 0 radical (unpaired) electrons. The standard InChI is InChI=1S/C28H28N2O4/c1-18-10-12-19(13-11-18)30-15-14-28(29,27(32)33)16-25(30)26(31)34-17-24-22-8-4-2-6-20(22)21-7-3-5-9-23(21)24/h2-13,24-25H,14-17,29H2,1H3,(H,32,33). The van der Waals surface area contributed by atoms with Crippen molar-refractivity contribution in [2.75, 3.05) is 18.1 Å². The van der Waals surface area contributed by atoms with Gasteiger partial charge in [0.15, 0.2) is 0 Å². The molecule has 0 aromatic heterocycles. The van der Waals surface area contributed by atoms with Gasteiger partial charge in [-0.2, -0.15) is 0 Å². The zero-order valence-corrected chi connectivity index (χ0v) is 19.1. The van der Waals surface area contributed by atoms with Gasteiger partial charge in [-0.3, -0.25) is 4.79 Å². The van der Waals surface area contributed by atoms with Gasteiger partial charge in [0.2, 0.25) is 0 Å². The number of nitrogens with zero attached hydrogens (tertiary/aromatic N) is 1. The normalized spacial score (nSPS) is 21.6. The Kier molecular flexibility index (Phi) is 5.62. The molecule has 3 aromatic carbocycles. The third-order valence-corrected chi connectivity index (χ3v) is 7.15. The second-order valence-electron chi connectivity index (χ2n) is 9.32. The Bertz CT molecular complexity index is 1190. The predicted octanol–water partition coefficient (Wildman–Crippen LogP) is 4.10. The quantitative estimate of drug-likeness (QED) is 0.562. The van der Waals surface area contributed by atoms with Crippen LogP contribution in [0.1, 0.15) is 35.4 Å². The third-order valence-electron chi connectivity index (χ3n) is 7.15. The first-order chi connectivity index (χ1) is 16.4. The zero-order valence-electron chi connectivity index (χ0n) is 19.1. The number of hydrogen-bond donors (Lipinski definition) is 2. The van der Waals surface area contributed by atoms with Crippen molar-refractivity contribution in [2.24, 2.45) is 5.73 Å². The van der Waals surface area contributed by atoms with Crippen LogP contribution in [-0.4, -0.2) is 41.8 Å². The average molecular weight is 457 g/mol. The van der Waals surface area contributed by atoms with Crippen LogP contribution >= 0.6 is 0 Å². The number of aryl methyl sites for hydroxylation is 1. The Labute approximate surface area is 199 Å². The number of carboxylic acids is 1. The van der Waals surface area contributed by atoms with Crippen molar-refractivity contribution >= 4 is 17.6 Å². The molecule has 1 aliphatic heterocycles. The first kappa shape index (κ1) is 22.2. The summed E-state index contributed by atoms with van der Waals surface area (Å²) >= 11 is 0. The topological polar surface area (TPSA) is 92.9 Å². The summed E-state index contributed by atoms with van der Waals surface area (Å²) in [5.41, 5.74) is 11.3. The molecule has 0 saturated carbocycles. The number of ether oxygens (including phenoxy) is 1. The summed E-state index contributed by atoms with van der Waals surface area (Å²) in [6.45, 7) is 2.55. The lowest BCUT2D eigenvalue weighted by Crippen LogP contribution is -2.61. The molecule has 1 aliphatic carbocycles. The van der Waals surface area contributed by atoms with E-state index in [0.717, 1.165) is 33.5 Å². The number of carboxylic acid groups (broad SMARTS) is 1. The van der Waals surface area contributed by atoms with E-state index in [2.05, 4.69) is 24.3 Å². The van der Waals surface area contributed by atoms with Gasteiger partial charge >= 0.3 is 11.9 Å². The van der Waals surface area contributed by atoms with Crippen molar-refractivity contribution in [3.63, 3.8) is 0 Å². The van der Waals surface area contributed by atoms with Crippen LogP contribution < -0.4 is 10.6 Å². The first-order valence-electron chi connectivity index (χ1n) is 11.6. The van der Waals surface area contributed by atoms with E-state index in [4.69, 9.17) is 10.5 Å². The molecule has 5 rings (SSSR count). The van der Waals surface area contributed by atoms with E-state index >= 15 is 0 Å². The maximum absolute atomic E-state index is 13.4. The van der Waals surface area contributed by atoms with Gasteiger partial charge in [-0.1, -0.05) is 66.2 Å². The van der Waals surface area contributed by atoms with E-state index in [1.54, 1.807) is 0 Å². The Balaban J connectivity index is 1.40. The van der Waals surface area contributed by atoms with Gasteiger partial charge in [0.25, 0.3) is 0 Å². The highest BCUT2D eigenvalue weighted by Gasteiger charge is 2.46. The van der Waals surface area contributed by atoms with Crippen LogP contribution in [0.4, 0.5) is 5.69 Å². The summed E-state index contributed by atoms with van der Waals surface area (Å²) in [7, 11) is 0. The lowest BCUT2D eigenvalue weighted by Gasteiger charge is -2.42. The molecule has 2 unspecified atom stereocenters. The van der Waals surface area contributed by atoms with Crippen molar-refractivity contribution in [2.45, 2.75) is 37.3 Å². The van der Waals surface area contributed by atoms with Gasteiger partial charge < -0.3 is 20.5 Å². The molecule has 3 aromatic rings. The first-order valence-corrected chi connectivity index (χ1v) is 11.6. The number of aliphatic carboxylic acids is 1. The van der Waals surface area contributed by atoms with Crippen LogP contribution in [0.25, 0.3) is 11.1 Å². The number of nitrogens with two attached hydrogens (primary N) is 1. The highest BCUT2D eigenvalue weighted by Crippen LogP contribution is 2.44. The molecule has 174 valence electrons. The molecule has 2 atom stereocenters. The molecular weight excluding hydrogens is 428 g/mol. The molecule has 34 heavy (non-hydrogen) atoms. The molecule has 1 saturated heterocycles. The molecule has 6 nitrogen and oxygen atoms in total. The van der Waals surface area contributed by atoms with Crippen molar-refractivity contribution in [1.29, 1.82) is 0 Å². The van der Waals surface area contributed by atoms with Gasteiger partial charge in [-0.25, -0.2) is 4.79 Å². The maximum Gasteiger partial charge on any atom is 0.328 e. The van der Waals surface area contributed by atoms with Crippen LogP contribution in [0, 0.1) is 6.92 Å². The minimum Gasteiger partial charge on any atom is -0.480 e. The van der Waals surface area contributed by atoms with E-state index < -0.39 is 23.5 Å². The number of hydrogen-bond acceptors (Lipinski definition) is 5. The van der Waals surface area contributed by atoms with Gasteiger partial charge in [0, 0.05) is 24.6 Å². The molecule has 2 aliphatic rings. The number of fused-ring (bicyclic) bond motifs is 3. The lowest BCUT2D eigenvalue weighted by atomic mass is 9.83. The summed E-state index contributed by atoms with van der Waals surface area (Å²) in [4.78, 5) is 27.2. The molecule has 6 heteroatoms. The van der Waals surface area contributed by atoms with E-state index in [1.165, 1.54) is 0 Å². The van der Waals surface area contributed by atoms with Crippen LogP contribution in [0.3, 0.4) is 0 Å². The fourth-order valence-electron chi connectivity index (χ4n) is 5.18. The fraction of sp³-hybridized carbons (Fsp3) is 0.286. The van der Waals surface area contributed by atoms with Gasteiger partial charge in [-0.05, 0) is 47.7 Å². The Morgan fingerprint density at radius 2 is 1.59 bits per heavy atom. The summed E-state index contributed by atoms with van der Waals surface area (Å²) in [6, 6.07) is 23.4. The molecule has 0 amide bonds. The number of rotatable bonds is 5. The van der Waals surface area contributed by atoms with E-state index in [9.17, 15) is 14.7 Å². The minimum absolute atomic E-state index is 0.00706. The number of carbonyl (C=O) groups is 2. The zero-order chi connectivity index (χ0) is 23.9. The summed E-state index contributed by atoms with van der Waals surface area (Å²) in [6.07, 6.45) is 0.246. The van der Waals surface area contributed by atoms with Crippen molar-refractivity contribution < 1.29 is 19.4 Å². The molecule has 3 N–H and O–H groups in total. The Morgan fingerprint density at radius 1 is 1.00 bits per heavy atom. The molecule has 0 bridgehead atoms. The average Bonchev–Trinajstić information content (AvgIpc) is 3.17. The number of anilines is 1. The summed E-state index contributed by atoms with van der Waals surface area (Å²) < 4.78 is 5.90. The van der Waals surface area contributed by atoms with E-state index in [-0.39, 0.29) is 25.4 Å². The van der Waals surface area contributed by atoms with Crippen LogP contribution in [0.5, 0.6) is 0 Å². The Morgan fingerprint density at radius 3 is 2.18 bits per heavy atom.